The van der Waals surface area contributed by atoms with Crippen LogP contribution in [0.15, 0.2) is 29.3 Å². The lowest BCUT2D eigenvalue weighted by atomic mass is 9.98. The van der Waals surface area contributed by atoms with Gasteiger partial charge in [0.2, 0.25) is 0 Å². The molecule has 0 bridgehead atoms. The molecule has 0 radical (unpaired) electrons. The summed E-state index contributed by atoms with van der Waals surface area (Å²) in [6, 6.07) is 8.77. The zero-order valence-corrected chi connectivity index (χ0v) is 20.1. The maximum Gasteiger partial charge on any atom is 0.310 e. The van der Waals surface area contributed by atoms with Gasteiger partial charge < -0.3 is 15.0 Å². The van der Waals surface area contributed by atoms with Crippen LogP contribution in [-0.2, 0) is 22.5 Å². The number of benzene rings is 1. The van der Waals surface area contributed by atoms with Gasteiger partial charge in [-0.05, 0) is 43.7 Å². The first-order chi connectivity index (χ1) is 13.7. The maximum absolute atomic E-state index is 12.1. The summed E-state index contributed by atoms with van der Waals surface area (Å²) in [5, 5.41) is 3.49. The van der Waals surface area contributed by atoms with E-state index >= 15 is 0 Å². The highest BCUT2D eigenvalue weighted by atomic mass is 127. The second-order valence-corrected chi connectivity index (χ2v) is 7.66. The number of likely N-dealkylation sites (tertiary alicyclic amines) is 1. The molecule has 1 aromatic carbocycles. The largest absolute Gasteiger partial charge is 0.466 e. The molecule has 1 N–H and O–H groups in total. The first kappa shape index (κ1) is 23.9. The van der Waals surface area contributed by atoms with E-state index in [1.165, 1.54) is 11.1 Å². The molecule has 2 aliphatic rings. The van der Waals surface area contributed by atoms with Crippen molar-refractivity contribution in [2.45, 2.75) is 39.2 Å². The van der Waals surface area contributed by atoms with Crippen LogP contribution in [0, 0.1) is 5.92 Å². The van der Waals surface area contributed by atoms with Crippen LogP contribution in [0.5, 0.6) is 0 Å². The minimum Gasteiger partial charge on any atom is -0.466 e. The molecule has 1 fully saturated rings. The van der Waals surface area contributed by atoms with Gasteiger partial charge in [-0.3, -0.25) is 14.7 Å². The van der Waals surface area contributed by atoms with Gasteiger partial charge in [-0.2, -0.15) is 0 Å². The van der Waals surface area contributed by atoms with Gasteiger partial charge in [-0.15, -0.1) is 24.0 Å². The number of piperidine rings is 1. The predicted octanol–water partition coefficient (Wildman–Crippen LogP) is 2.90. The molecule has 3 rings (SSSR count). The summed E-state index contributed by atoms with van der Waals surface area (Å²) in [5.74, 6) is 0.784. The minimum atomic E-state index is -0.0759. The summed E-state index contributed by atoms with van der Waals surface area (Å²) in [7, 11) is 1.82. The molecule has 0 spiro atoms. The molecule has 6 nitrogen and oxygen atoms in total. The molecule has 1 atom stereocenters. The van der Waals surface area contributed by atoms with Crippen molar-refractivity contribution < 1.29 is 9.53 Å². The van der Waals surface area contributed by atoms with Crippen molar-refractivity contribution in [2.24, 2.45) is 10.9 Å². The van der Waals surface area contributed by atoms with Gasteiger partial charge in [0.1, 0.15) is 0 Å². The predicted molar refractivity (Wildman–Crippen MR) is 128 cm³/mol. The standard InChI is InChI=1S/C22H34N4O2.HI/c1-3-28-21(27)20-10-6-14-26(17-20)22(23-2)24-12-7-13-25-15-11-18-8-4-5-9-19(18)16-25;/h4-5,8-9,20H,3,6-7,10-17H2,1-2H3,(H,23,24);1H. The van der Waals surface area contributed by atoms with Gasteiger partial charge >= 0.3 is 5.97 Å². The molecule has 0 aromatic heterocycles. The first-order valence-corrected chi connectivity index (χ1v) is 10.6. The number of fused-ring (bicyclic) bond motifs is 1. The number of hydrogen-bond donors (Lipinski definition) is 1. The molecular formula is C22H35IN4O2. The molecule has 2 aliphatic heterocycles. The highest BCUT2D eigenvalue weighted by Crippen LogP contribution is 2.19. The van der Waals surface area contributed by atoms with Crippen LogP contribution in [0.1, 0.15) is 37.3 Å². The number of nitrogens with one attached hydrogen (secondary N) is 1. The average Bonchev–Trinajstić information content (AvgIpc) is 2.74. The number of guanidine groups is 1. The van der Waals surface area contributed by atoms with Crippen LogP contribution in [0.3, 0.4) is 0 Å². The Kier molecular flexibility index (Phi) is 10.2. The summed E-state index contributed by atoms with van der Waals surface area (Å²) < 4.78 is 5.20. The van der Waals surface area contributed by atoms with E-state index in [4.69, 9.17) is 4.74 Å². The highest BCUT2D eigenvalue weighted by molar-refractivity contribution is 14.0. The SMILES string of the molecule is CCOC(=O)C1CCCN(C(=NC)NCCCN2CCc3ccccc3C2)C1.I. The molecule has 0 saturated carbocycles. The number of aliphatic imine (C=N–C) groups is 1. The van der Waals surface area contributed by atoms with Crippen molar-refractivity contribution in [3.8, 4) is 0 Å². The monoisotopic (exact) mass is 514 g/mol. The highest BCUT2D eigenvalue weighted by Gasteiger charge is 2.28. The molecule has 1 saturated heterocycles. The Hall–Kier alpha value is -1.35. The average molecular weight is 514 g/mol. The molecule has 1 aromatic rings. The van der Waals surface area contributed by atoms with E-state index in [0.717, 1.165) is 64.4 Å². The lowest BCUT2D eigenvalue weighted by Crippen LogP contribution is -2.48. The van der Waals surface area contributed by atoms with Crippen LogP contribution in [0.2, 0.25) is 0 Å². The van der Waals surface area contributed by atoms with Gasteiger partial charge in [0, 0.05) is 46.3 Å². The van der Waals surface area contributed by atoms with E-state index in [2.05, 4.69) is 44.4 Å². The van der Waals surface area contributed by atoms with E-state index in [0.29, 0.717) is 13.2 Å². The van der Waals surface area contributed by atoms with Gasteiger partial charge in [0.05, 0.1) is 12.5 Å². The fourth-order valence-corrected chi connectivity index (χ4v) is 4.20. The fourth-order valence-electron chi connectivity index (χ4n) is 4.20. The van der Waals surface area contributed by atoms with Crippen molar-refractivity contribution in [1.82, 2.24) is 15.1 Å². The smallest absolute Gasteiger partial charge is 0.310 e. The minimum absolute atomic E-state index is 0. The summed E-state index contributed by atoms with van der Waals surface area (Å²) >= 11 is 0. The number of rotatable bonds is 6. The third-order valence-corrected chi connectivity index (χ3v) is 5.70. The Morgan fingerprint density at radius 1 is 1.28 bits per heavy atom. The molecule has 29 heavy (non-hydrogen) atoms. The quantitative estimate of drug-likeness (QED) is 0.208. The van der Waals surface area contributed by atoms with Crippen molar-refractivity contribution >= 4 is 35.9 Å². The van der Waals surface area contributed by atoms with Crippen molar-refractivity contribution in [2.75, 3.05) is 46.4 Å². The lowest BCUT2D eigenvalue weighted by molar-refractivity contribution is -0.149. The van der Waals surface area contributed by atoms with Crippen LogP contribution in [0.4, 0.5) is 0 Å². The second kappa shape index (κ2) is 12.4. The van der Waals surface area contributed by atoms with Crippen molar-refractivity contribution in [1.29, 1.82) is 0 Å². The number of carbonyl (C=O) groups is 1. The van der Waals surface area contributed by atoms with Gasteiger partial charge in [0.15, 0.2) is 5.96 Å². The summed E-state index contributed by atoms with van der Waals surface area (Å²) in [6.07, 6.45) is 4.13. The molecule has 2 heterocycles. The first-order valence-electron chi connectivity index (χ1n) is 10.6. The molecule has 162 valence electrons. The summed E-state index contributed by atoms with van der Waals surface area (Å²) in [5.41, 5.74) is 2.97. The summed E-state index contributed by atoms with van der Waals surface area (Å²) in [6.45, 7) is 8.12. The third-order valence-electron chi connectivity index (χ3n) is 5.70. The van der Waals surface area contributed by atoms with Crippen LogP contribution >= 0.6 is 24.0 Å². The van der Waals surface area contributed by atoms with E-state index in [9.17, 15) is 4.79 Å². The molecule has 1 unspecified atom stereocenters. The van der Waals surface area contributed by atoms with Gasteiger partial charge in [-0.1, -0.05) is 24.3 Å². The molecule has 7 heteroatoms. The van der Waals surface area contributed by atoms with Crippen molar-refractivity contribution in [3.63, 3.8) is 0 Å². The number of nitrogens with zero attached hydrogens (tertiary/aromatic N) is 3. The summed E-state index contributed by atoms with van der Waals surface area (Å²) in [4.78, 5) is 21.2. The van der Waals surface area contributed by atoms with Crippen LogP contribution in [0.25, 0.3) is 0 Å². The molecule has 0 amide bonds. The van der Waals surface area contributed by atoms with Gasteiger partial charge in [-0.25, -0.2) is 0 Å². The Labute approximate surface area is 192 Å². The van der Waals surface area contributed by atoms with E-state index in [-0.39, 0.29) is 35.9 Å². The third kappa shape index (κ3) is 6.84. The Morgan fingerprint density at radius 3 is 2.83 bits per heavy atom. The topological polar surface area (TPSA) is 57.2 Å². The zero-order valence-electron chi connectivity index (χ0n) is 17.7. The number of ether oxygens (including phenoxy) is 1. The number of hydrogen-bond acceptors (Lipinski definition) is 4. The van der Waals surface area contributed by atoms with E-state index in [1.807, 2.05) is 14.0 Å². The number of esters is 1. The van der Waals surface area contributed by atoms with E-state index in [1.54, 1.807) is 0 Å². The lowest BCUT2D eigenvalue weighted by Gasteiger charge is -2.34. The normalized spacial score (nSPS) is 19.9. The Bertz CT molecular complexity index is 683. The second-order valence-electron chi connectivity index (χ2n) is 7.66. The van der Waals surface area contributed by atoms with Gasteiger partial charge in [0.25, 0.3) is 0 Å². The van der Waals surface area contributed by atoms with Crippen LogP contribution in [-0.4, -0.2) is 68.1 Å². The number of carbonyl (C=O) groups excluding carboxylic acids is 1. The Balaban J connectivity index is 0.00000300. The van der Waals surface area contributed by atoms with E-state index < -0.39 is 0 Å². The van der Waals surface area contributed by atoms with Crippen LogP contribution < -0.4 is 5.32 Å². The molecule has 0 aliphatic carbocycles. The van der Waals surface area contributed by atoms with Crippen molar-refractivity contribution in [3.05, 3.63) is 35.4 Å². The fraction of sp³-hybridized carbons (Fsp3) is 0.636. The zero-order chi connectivity index (χ0) is 19.8. The Morgan fingerprint density at radius 2 is 2.07 bits per heavy atom. The number of halogens is 1. The maximum atomic E-state index is 12.1. The molecular weight excluding hydrogens is 479 g/mol.